The van der Waals surface area contributed by atoms with Crippen LogP contribution in [0.3, 0.4) is 0 Å². The fourth-order valence-corrected chi connectivity index (χ4v) is 5.05. The van der Waals surface area contributed by atoms with Crippen molar-refractivity contribution < 1.29 is 13.2 Å². The predicted octanol–water partition coefficient (Wildman–Crippen LogP) is 4.86. The summed E-state index contributed by atoms with van der Waals surface area (Å²) in [5.74, 6) is -0.267. The first-order chi connectivity index (χ1) is 16.5. The van der Waals surface area contributed by atoms with Gasteiger partial charge < -0.3 is 9.88 Å². The summed E-state index contributed by atoms with van der Waals surface area (Å²) in [5, 5.41) is 3.79. The van der Waals surface area contributed by atoms with E-state index >= 15 is 0 Å². The molecule has 168 valence electrons. The lowest BCUT2D eigenvalue weighted by Gasteiger charge is -2.10. The van der Waals surface area contributed by atoms with Crippen LogP contribution in [0.2, 0.25) is 0 Å². The van der Waals surface area contributed by atoms with E-state index < -0.39 is 15.7 Å². The lowest BCUT2D eigenvalue weighted by Crippen LogP contribution is -2.16. The lowest BCUT2D eigenvalue weighted by atomic mass is 10.2. The molecule has 0 aliphatic rings. The molecule has 0 bridgehead atoms. The number of allylic oxidation sites excluding steroid dienone is 1. The zero-order chi connectivity index (χ0) is 23.7. The van der Waals surface area contributed by atoms with Crippen molar-refractivity contribution in [2.45, 2.75) is 16.6 Å². The van der Waals surface area contributed by atoms with Gasteiger partial charge in [0.15, 0.2) is 0 Å². The van der Waals surface area contributed by atoms with Crippen molar-refractivity contribution in [3.8, 4) is 0 Å². The van der Waals surface area contributed by atoms with E-state index in [1.807, 2.05) is 34.9 Å². The largest absolute Gasteiger partial charge is 0.321 e. The first-order valence-corrected chi connectivity index (χ1v) is 12.1. The quantitative estimate of drug-likeness (QED) is 0.284. The van der Waals surface area contributed by atoms with Gasteiger partial charge in [0.2, 0.25) is 9.84 Å². The number of carbonyl (C=O) groups excluding carboxylic acids is 1. The molecule has 8 heteroatoms. The molecule has 0 saturated heterocycles. The van der Waals surface area contributed by atoms with E-state index in [0.29, 0.717) is 23.1 Å². The smallest absolute Gasteiger partial charge is 0.256 e. The van der Waals surface area contributed by atoms with E-state index in [1.165, 1.54) is 12.1 Å². The number of sulfone groups is 1. The highest BCUT2D eigenvalue weighted by Crippen LogP contribution is 2.34. The highest BCUT2D eigenvalue weighted by Gasteiger charge is 2.26. The minimum absolute atomic E-state index is 0.0704. The van der Waals surface area contributed by atoms with Crippen LogP contribution in [0.5, 0.6) is 0 Å². The van der Waals surface area contributed by atoms with Crippen LogP contribution in [-0.4, -0.2) is 28.9 Å². The molecule has 0 aliphatic heterocycles. The molecule has 7 nitrogen and oxygen atoms in total. The Hall–Kier alpha value is -4.30. The van der Waals surface area contributed by atoms with Gasteiger partial charge in [-0.05, 0) is 30.3 Å². The van der Waals surface area contributed by atoms with Gasteiger partial charge in [0.1, 0.15) is 11.5 Å². The Morgan fingerprint density at radius 2 is 1.56 bits per heavy atom. The van der Waals surface area contributed by atoms with Crippen LogP contribution in [0.1, 0.15) is 10.4 Å². The molecule has 34 heavy (non-hydrogen) atoms. The Labute approximate surface area is 196 Å². The van der Waals surface area contributed by atoms with Gasteiger partial charge in [-0.2, -0.15) is 9.97 Å². The molecule has 0 aliphatic carbocycles. The summed E-state index contributed by atoms with van der Waals surface area (Å²) in [7, 11) is -4.04. The highest BCUT2D eigenvalue weighted by molar-refractivity contribution is 7.91. The number of carbonyl (C=O) groups is 1. The van der Waals surface area contributed by atoms with Gasteiger partial charge in [-0.1, -0.05) is 60.7 Å². The first-order valence-electron chi connectivity index (χ1n) is 10.6. The molecule has 2 aromatic heterocycles. The number of hydrogen-bond acceptors (Lipinski definition) is 5. The monoisotopic (exact) mass is 468 g/mol. The van der Waals surface area contributed by atoms with E-state index in [4.69, 9.17) is 0 Å². The minimum Gasteiger partial charge on any atom is -0.321 e. The molecular formula is C26H20N4O3S. The third-order valence-corrected chi connectivity index (χ3v) is 7.02. The Morgan fingerprint density at radius 3 is 2.26 bits per heavy atom. The number of para-hydroxylation sites is 1. The summed E-state index contributed by atoms with van der Waals surface area (Å²) in [4.78, 5) is 21.9. The van der Waals surface area contributed by atoms with Gasteiger partial charge in [0.05, 0.1) is 15.8 Å². The van der Waals surface area contributed by atoms with Crippen molar-refractivity contribution in [2.24, 2.45) is 0 Å². The standard InChI is InChI=1S/C26H20N4O3S/c1-2-17-30-21-16-10-9-15-20(21)22-23(27-25(31)18-11-5-3-6-12-18)28-26(29-24(22)30)34(32,33)19-13-7-4-8-14-19/h2-16H,1,17H2,(H,27,28,29,31). The van der Waals surface area contributed by atoms with E-state index in [2.05, 4.69) is 21.9 Å². The lowest BCUT2D eigenvalue weighted by molar-refractivity contribution is 0.102. The van der Waals surface area contributed by atoms with E-state index in [-0.39, 0.29) is 15.9 Å². The molecule has 5 rings (SSSR count). The molecule has 0 spiro atoms. The predicted molar refractivity (Wildman–Crippen MR) is 132 cm³/mol. The molecule has 1 amide bonds. The molecule has 0 radical (unpaired) electrons. The number of hydrogen-bond donors (Lipinski definition) is 1. The Balaban J connectivity index is 1.80. The van der Waals surface area contributed by atoms with Crippen LogP contribution in [0, 0.1) is 0 Å². The average molecular weight is 469 g/mol. The highest BCUT2D eigenvalue weighted by atomic mass is 32.2. The molecule has 2 heterocycles. The van der Waals surface area contributed by atoms with Crippen LogP contribution in [0.15, 0.2) is 108 Å². The maximum atomic E-state index is 13.4. The van der Waals surface area contributed by atoms with Crippen molar-refractivity contribution in [1.82, 2.24) is 14.5 Å². The minimum atomic E-state index is -4.04. The van der Waals surface area contributed by atoms with E-state index in [1.54, 1.807) is 48.5 Å². The summed E-state index contributed by atoms with van der Waals surface area (Å²) in [6, 6.07) is 24.2. The van der Waals surface area contributed by atoms with Gasteiger partial charge in [0, 0.05) is 17.5 Å². The number of fused-ring (bicyclic) bond motifs is 3. The van der Waals surface area contributed by atoms with Crippen LogP contribution in [0.4, 0.5) is 5.82 Å². The summed E-state index contributed by atoms with van der Waals surface area (Å²) >= 11 is 0. The number of anilines is 1. The van der Waals surface area contributed by atoms with Crippen molar-refractivity contribution >= 4 is 43.5 Å². The summed E-state index contributed by atoms with van der Waals surface area (Å²) in [5.41, 5.74) is 1.65. The number of benzene rings is 3. The van der Waals surface area contributed by atoms with E-state index in [0.717, 1.165) is 10.9 Å². The third-order valence-electron chi connectivity index (χ3n) is 5.46. The number of rotatable bonds is 6. The van der Waals surface area contributed by atoms with Crippen molar-refractivity contribution in [3.63, 3.8) is 0 Å². The van der Waals surface area contributed by atoms with Crippen molar-refractivity contribution in [2.75, 3.05) is 5.32 Å². The number of aromatic nitrogens is 3. The van der Waals surface area contributed by atoms with Crippen LogP contribution >= 0.6 is 0 Å². The number of amides is 1. The number of nitrogens with one attached hydrogen (secondary N) is 1. The van der Waals surface area contributed by atoms with Gasteiger partial charge in [-0.3, -0.25) is 4.79 Å². The Morgan fingerprint density at radius 1 is 0.912 bits per heavy atom. The van der Waals surface area contributed by atoms with Gasteiger partial charge in [-0.25, -0.2) is 8.42 Å². The normalized spacial score (nSPS) is 11.5. The average Bonchev–Trinajstić information content (AvgIpc) is 3.19. The zero-order valence-corrected chi connectivity index (χ0v) is 18.9. The molecule has 0 saturated carbocycles. The molecule has 1 N–H and O–H groups in total. The summed E-state index contributed by atoms with van der Waals surface area (Å²) in [6.07, 6.45) is 1.71. The second kappa shape index (κ2) is 8.57. The van der Waals surface area contributed by atoms with Crippen molar-refractivity contribution in [1.29, 1.82) is 0 Å². The summed E-state index contributed by atoms with van der Waals surface area (Å²) in [6.45, 7) is 4.23. The first kappa shape index (κ1) is 21.5. The molecule has 0 atom stereocenters. The number of nitrogens with zero attached hydrogens (tertiary/aromatic N) is 3. The van der Waals surface area contributed by atoms with Gasteiger partial charge in [-0.15, -0.1) is 6.58 Å². The Bertz CT molecular complexity index is 1640. The maximum Gasteiger partial charge on any atom is 0.256 e. The Kier molecular flexibility index (Phi) is 5.43. The molecule has 0 unspecified atom stereocenters. The maximum absolute atomic E-state index is 13.4. The third kappa shape index (κ3) is 3.64. The fourth-order valence-electron chi connectivity index (χ4n) is 3.91. The van der Waals surface area contributed by atoms with Crippen LogP contribution in [0.25, 0.3) is 21.9 Å². The topological polar surface area (TPSA) is 94.0 Å². The molecule has 5 aromatic rings. The molecule has 3 aromatic carbocycles. The van der Waals surface area contributed by atoms with Crippen LogP contribution < -0.4 is 5.32 Å². The second-order valence-corrected chi connectivity index (χ2v) is 9.45. The second-order valence-electron chi connectivity index (χ2n) is 7.61. The fraction of sp³-hybridized carbons (Fsp3) is 0.0385. The zero-order valence-electron chi connectivity index (χ0n) is 18.0. The van der Waals surface area contributed by atoms with Gasteiger partial charge >= 0.3 is 0 Å². The van der Waals surface area contributed by atoms with E-state index in [9.17, 15) is 13.2 Å². The SMILES string of the molecule is C=CCn1c2ccccc2c2c(NC(=O)c3ccccc3)nc(S(=O)(=O)c3ccccc3)nc21. The van der Waals surface area contributed by atoms with Crippen molar-refractivity contribution in [3.05, 3.63) is 103 Å². The molecule has 0 fully saturated rings. The molecular weight excluding hydrogens is 448 g/mol. The van der Waals surface area contributed by atoms with Crippen LogP contribution in [-0.2, 0) is 16.4 Å². The van der Waals surface area contributed by atoms with Gasteiger partial charge in [0.25, 0.3) is 11.1 Å². The summed E-state index contributed by atoms with van der Waals surface area (Å²) < 4.78 is 28.7.